The number of hydrogen-bond acceptors (Lipinski definition) is 2. The second-order valence-corrected chi connectivity index (χ2v) is 5.28. The lowest BCUT2D eigenvalue weighted by Gasteiger charge is -2.19. The zero-order chi connectivity index (χ0) is 14.0. The summed E-state index contributed by atoms with van der Waals surface area (Å²) in [6.45, 7) is 4.57. The molecule has 3 nitrogen and oxygen atoms in total. The molecule has 5 heteroatoms. The van der Waals surface area contributed by atoms with Gasteiger partial charge in [-0.3, -0.25) is 4.68 Å². The molecule has 1 unspecified atom stereocenters. The first-order valence-electron chi connectivity index (χ1n) is 6.23. The van der Waals surface area contributed by atoms with Crippen molar-refractivity contribution in [1.82, 2.24) is 15.1 Å². The van der Waals surface area contributed by atoms with Crippen LogP contribution in [0, 0.1) is 12.7 Å². The molecule has 0 saturated carbocycles. The van der Waals surface area contributed by atoms with E-state index in [1.165, 1.54) is 0 Å². The highest BCUT2D eigenvalue weighted by Gasteiger charge is 2.20. The molecule has 0 amide bonds. The highest BCUT2D eigenvalue weighted by Crippen LogP contribution is 2.29. The Morgan fingerprint density at radius 3 is 2.79 bits per heavy atom. The fourth-order valence-corrected chi connectivity index (χ4v) is 2.69. The highest BCUT2D eigenvalue weighted by molar-refractivity contribution is 9.10. The van der Waals surface area contributed by atoms with E-state index in [1.807, 2.05) is 24.7 Å². The van der Waals surface area contributed by atoms with Gasteiger partial charge in [-0.1, -0.05) is 12.1 Å². The molecule has 1 atom stereocenters. The van der Waals surface area contributed by atoms with Crippen molar-refractivity contribution in [2.24, 2.45) is 0 Å². The van der Waals surface area contributed by atoms with Crippen LogP contribution in [0.4, 0.5) is 4.39 Å². The zero-order valence-corrected chi connectivity index (χ0v) is 12.8. The van der Waals surface area contributed by atoms with E-state index in [-0.39, 0.29) is 11.9 Å². The van der Waals surface area contributed by atoms with Crippen LogP contribution >= 0.6 is 15.9 Å². The Balaban J connectivity index is 2.49. The maximum atomic E-state index is 13.7. The molecule has 19 heavy (non-hydrogen) atoms. The van der Waals surface area contributed by atoms with Gasteiger partial charge in [0.15, 0.2) is 0 Å². The predicted molar refractivity (Wildman–Crippen MR) is 77.6 cm³/mol. The Morgan fingerprint density at radius 2 is 2.21 bits per heavy atom. The van der Waals surface area contributed by atoms with Crippen LogP contribution in [-0.2, 0) is 6.54 Å². The van der Waals surface area contributed by atoms with Gasteiger partial charge in [-0.2, -0.15) is 5.10 Å². The standard InChI is InChI=1S/C14H17BrFN3/c1-4-19-14(11(15)8-18-19)13(17-3)10-6-5-9(2)12(16)7-10/h5-8,13,17H,4H2,1-3H3. The summed E-state index contributed by atoms with van der Waals surface area (Å²) in [6.07, 6.45) is 1.77. The minimum atomic E-state index is -0.184. The summed E-state index contributed by atoms with van der Waals surface area (Å²) in [5.41, 5.74) is 2.55. The first kappa shape index (κ1) is 14.2. The second-order valence-electron chi connectivity index (χ2n) is 4.42. The lowest BCUT2D eigenvalue weighted by atomic mass is 10.0. The Morgan fingerprint density at radius 1 is 1.47 bits per heavy atom. The molecule has 0 aliphatic rings. The summed E-state index contributed by atoms with van der Waals surface area (Å²) in [4.78, 5) is 0. The lowest BCUT2D eigenvalue weighted by molar-refractivity contribution is 0.556. The van der Waals surface area contributed by atoms with Crippen molar-refractivity contribution in [3.8, 4) is 0 Å². The van der Waals surface area contributed by atoms with Crippen LogP contribution in [0.1, 0.15) is 29.8 Å². The molecule has 2 rings (SSSR count). The van der Waals surface area contributed by atoms with Gasteiger partial charge < -0.3 is 5.32 Å². The third kappa shape index (κ3) is 2.72. The maximum Gasteiger partial charge on any atom is 0.126 e. The van der Waals surface area contributed by atoms with Crippen LogP contribution in [0.2, 0.25) is 0 Å². The van der Waals surface area contributed by atoms with Crippen LogP contribution in [0.25, 0.3) is 0 Å². The van der Waals surface area contributed by atoms with Crippen molar-refractivity contribution in [2.45, 2.75) is 26.4 Å². The largest absolute Gasteiger partial charge is 0.308 e. The van der Waals surface area contributed by atoms with Crippen molar-refractivity contribution in [1.29, 1.82) is 0 Å². The van der Waals surface area contributed by atoms with Gasteiger partial charge in [-0.15, -0.1) is 0 Å². The fourth-order valence-electron chi connectivity index (χ4n) is 2.16. The molecule has 0 fully saturated rings. The van der Waals surface area contributed by atoms with E-state index in [0.717, 1.165) is 22.3 Å². The highest BCUT2D eigenvalue weighted by atomic mass is 79.9. The summed E-state index contributed by atoms with van der Waals surface area (Å²) in [7, 11) is 1.86. The Bertz CT molecular complexity index is 580. The van der Waals surface area contributed by atoms with E-state index in [9.17, 15) is 4.39 Å². The number of halogens is 2. The monoisotopic (exact) mass is 325 g/mol. The third-order valence-electron chi connectivity index (χ3n) is 3.22. The van der Waals surface area contributed by atoms with Crippen molar-refractivity contribution >= 4 is 15.9 Å². The molecule has 0 saturated heterocycles. The second kappa shape index (κ2) is 5.84. The molecule has 0 bridgehead atoms. The van der Waals surface area contributed by atoms with Crippen LogP contribution in [0.5, 0.6) is 0 Å². The van der Waals surface area contributed by atoms with E-state index in [2.05, 4.69) is 26.3 Å². The average molecular weight is 326 g/mol. The topological polar surface area (TPSA) is 29.9 Å². The minimum absolute atomic E-state index is 0.0908. The molecule has 2 aromatic rings. The van der Waals surface area contributed by atoms with Crippen molar-refractivity contribution < 1.29 is 4.39 Å². The maximum absolute atomic E-state index is 13.7. The van der Waals surface area contributed by atoms with Gasteiger partial charge in [0.2, 0.25) is 0 Å². The molecule has 1 aromatic carbocycles. The Hall–Kier alpha value is -1.20. The molecule has 1 aromatic heterocycles. The van der Waals surface area contributed by atoms with Gasteiger partial charge in [0.1, 0.15) is 5.82 Å². The van der Waals surface area contributed by atoms with Crippen LogP contribution in [0.15, 0.2) is 28.9 Å². The van der Waals surface area contributed by atoms with Gasteiger partial charge in [-0.05, 0) is 54.0 Å². The van der Waals surface area contributed by atoms with E-state index in [4.69, 9.17) is 0 Å². The molecular weight excluding hydrogens is 309 g/mol. The number of aromatic nitrogens is 2. The quantitative estimate of drug-likeness (QED) is 0.933. The first-order valence-corrected chi connectivity index (χ1v) is 7.02. The summed E-state index contributed by atoms with van der Waals surface area (Å²) in [5, 5.41) is 7.53. The lowest BCUT2D eigenvalue weighted by Crippen LogP contribution is -2.22. The molecule has 1 heterocycles. The summed E-state index contributed by atoms with van der Waals surface area (Å²) in [6, 6.07) is 5.23. The van der Waals surface area contributed by atoms with E-state index >= 15 is 0 Å². The van der Waals surface area contributed by atoms with Gasteiger partial charge in [0, 0.05) is 6.54 Å². The van der Waals surface area contributed by atoms with Crippen LogP contribution in [-0.4, -0.2) is 16.8 Å². The summed E-state index contributed by atoms with van der Waals surface area (Å²) >= 11 is 3.51. The SMILES string of the molecule is CCn1ncc(Br)c1C(NC)c1ccc(C)c(F)c1. The number of nitrogens with zero attached hydrogens (tertiary/aromatic N) is 2. The molecular formula is C14H17BrFN3. The number of rotatable bonds is 4. The molecule has 0 aliphatic heterocycles. The molecule has 0 aliphatic carbocycles. The number of benzene rings is 1. The smallest absolute Gasteiger partial charge is 0.126 e. The number of aryl methyl sites for hydroxylation is 2. The normalized spacial score (nSPS) is 12.7. The Labute approximate surface area is 121 Å². The number of nitrogens with one attached hydrogen (secondary N) is 1. The third-order valence-corrected chi connectivity index (χ3v) is 3.84. The van der Waals surface area contributed by atoms with E-state index in [0.29, 0.717) is 5.56 Å². The minimum Gasteiger partial charge on any atom is -0.308 e. The Kier molecular flexibility index (Phi) is 4.37. The molecule has 1 N–H and O–H groups in total. The van der Waals surface area contributed by atoms with Crippen molar-refractivity contribution in [2.75, 3.05) is 7.05 Å². The van der Waals surface area contributed by atoms with Crippen molar-refractivity contribution in [3.63, 3.8) is 0 Å². The predicted octanol–water partition coefficient (Wildman–Crippen LogP) is 3.42. The summed E-state index contributed by atoms with van der Waals surface area (Å²) < 4.78 is 16.6. The van der Waals surface area contributed by atoms with Gasteiger partial charge in [0.25, 0.3) is 0 Å². The van der Waals surface area contributed by atoms with Gasteiger partial charge in [0.05, 0.1) is 22.4 Å². The van der Waals surface area contributed by atoms with E-state index < -0.39 is 0 Å². The van der Waals surface area contributed by atoms with Crippen molar-refractivity contribution in [3.05, 3.63) is 51.5 Å². The van der Waals surface area contributed by atoms with E-state index in [1.54, 1.807) is 25.3 Å². The molecule has 0 spiro atoms. The average Bonchev–Trinajstić information content (AvgIpc) is 2.76. The number of hydrogen-bond donors (Lipinski definition) is 1. The summed E-state index contributed by atoms with van der Waals surface area (Å²) in [5.74, 6) is -0.184. The van der Waals surface area contributed by atoms with Gasteiger partial charge in [-0.25, -0.2) is 4.39 Å². The van der Waals surface area contributed by atoms with Crippen LogP contribution < -0.4 is 5.32 Å². The molecule has 0 radical (unpaired) electrons. The molecule has 102 valence electrons. The van der Waals surface area contributed by atoms with Gasteiger partial charge >= 0.3 is 0 Å². The van der Waals surface area contributed by atoms with Crippen LogP contribution in [0.3, 0.4) is 0 Å². The fraction of sp³-hybridized carbons (Fsp3) is 0.357. The first-order chi connectivity index (χ1) is 9.08. The zero-order valence-electron chi connectivity index (χ0n) is 11.2.